The summed E-state index contributed by atoms with van der Waals surface area (Å²) in [4.78, 5) is 36.0. The molecule has 0 unspecified atom stereocenters. The van der Waals surface area contributed by atoms with Crippen molar-refractivity contribution in [3.63, 3.8) is 0 Å². The van der Waals surface area contributed by atoms with E-state index in [1.165, 1.54) is 51.4 Å². The fourth-order valence-electron chi connectivity index (χ4n) is 1.71. The van der Waals surface area contributed by atoms with E-state index in [1.54, 1.807) is 0 Å². The molecule has 0 aromatic rings. The van der Waals surface area contributed by atoms with E-state index in [4.69, 9.17) is 39.6 Å². The molecule has 8 nitrogen and oxygen atoms in total. The number of hydrogen-bond acceptors (Lipinski definition) is 4. The van der Waals surface area contributed by atoms with Crippen LogP contribution in [0.15, 0.2) is 48.6 Å². The first-order chi connectivity index (χ1) is 14.9. The molecule has 0 aliphatic heterocycles. The van der Waals surface area contributed by atoms with Crippen LogP contribution in [0.25, 0.3) is 0 Å². The van der Waals surface area contributed by atoms with Crippen LogP contribution in [0.2, 0.25) is 0 Å². The van der Waals surface area contributed by atoms with Gasteiger partial charge < -0.3 is 20.4 Å². The van der Waals surface area contributed by atoms with Crippen molar-refractivity contribution in [2.24, 2.45) is 0 Å². The van der Waals surface area contributed by atoms with Crippen LogP contribution in [0.4, 0.5) is 0 Å². The fourth-order valence-corrected chi connectivity index (χ4v) is 1.71. The molecule has 2 rings (SSSR count). The van der Waals surface area contributed by atoms with Crippen molar-refractivity contribution in [1.29, 1.82) is 0 Å². The van der Waals surface area contributed by atoms with E-state index in [9.17, 15) is 0 Å². The van der Waals surface area contributed by atoms with Gasteiger partial charge in [-0.2, -0.15) is 0 Å². The Morgan fingerprint density at radius 1 is 0.382 bits per heavy atom. The van der Waals surface area contributed by atoms with Crippen molar-refractivity contribution >= 4 is 23.9 Å². The van der Waals surface area contributed by atoms with E-state index >= 15 is 0 Å². The Bertz CT molecular complexity index is 454. The Morgan fingerprint density at radius 3 is 0.500 bits per heavy atom. The third-order valence-electron chi connectivity index (χ3n) is 2.67. The Kier molecular flexibility index (Phi) is 55.4. The van der Waals surface area contributed by atoms with Crippen LogP contribution >= 0.6 is 0 Å². The van der Waals surface area contributed by atoms with Gasteiger partial charge in [0.25, 0.3) is 23.9 Å². The van der Waals surface area contributed by atoms with Crippen molar-refractivity contribution in [1.82, 2.24) is 0 Å². The second kappa shape index (κ2) is 41.4. The summed E-state index contributed by atoms with van der Waals surface area (Å²) < 4.78 is 0. The van der Waals surface area contributed by atoms with Gasteiger partial charge in [-0.05, 0) is 51.4 Å². The van der Waals surface area contributed by atoms with Gasteiger partial charge in [-0.1, -0.05) is 48.6 Å². The zero-order valence-corrected chi connectivity index (χ0v) is 23.9. The van der Waals surface area contributed by atoms with Gasteiger partial charge in [0.15, 0.2) is 0 Å². The van der Waals surface area contributed by atoms with Gasteiger partial charge in [-0.3, -0.25) is 19.2 Å². The summed E-state index contributed by atoms with van der Waals surface area (Å²) in [5.41, 5.74) is 0. The molecule has 0 aromatic heterocycles. The van der Waals surface area contributed by atoms with Crippen LogP contribution < -0.4 is 0 Å². The number of hydrogen-bond donors (Lipinski definition) is 4. The number of carboxylic acids is 4. The van der Waals surface area contributed by atoms with Gasteiger partial charge in [0.05, 0.1) is 0 Å². The predicted octanol–water partition coefficient (Wildman–Crippen LogP) is 5.70. The molecule has 34 heavy (non-hydrogen) atoms. The first-order valence-electron chi connectivity index (χ1n) is 10.3. The Morgan fingerprint density at radius 2 is 0.441 bits per heavy atom. The zero-order chi connectivity index (χ0) is 25.6. The Labute approximate surface area is 229 Å². The van der Waals surface area contributed by atoms with Gasteiger partial charge in [0, 0.05) is 66.7 Å². The predicted molar refractivity (Wildman–Crippen MR) is 127 cm³/mol. The van der Waals surface area contributed by atoms with Gasteiger partial charge >= 0.3 is 0 Å². The summed E-state index contributed by atoms with van der Waals surface area (Å²) in [5, 5.41) is 29.7. The molecule has 0 saturated heterocycles. The van der Waals surface area contributed by atoms with Crippen LogP contribution in [0, 0.1) is 0 Å². The molecule has 0 atom stereocenters. The minimum absolute atomic E-state index is 0. The summed E-state index contributed by atoms with van der Waals surface area (Å²) in [6, 6.07) is 0. The summed E-state index contributed by atoms with van der Waals surface area (Å²) >= 11 is 0. The second-order valence-electron chi connectivity index (χ2n) is 6.27. The Balaban J connectivity index is -0.0000000711. The van der Waals surface area contributed by atoms with Gasteiger partial charge in [0.1, 0.15) is 0 Å². The van der Waals surface area contributed by atoms with Crippen molar-refractivity contribution in [2.45, 2.75) is 79.1 Å². The second-order valence-corrected chi connectivity index (χ2v) is 6.27. The zero-order valence-electron chi connectivity index (χ0n) is 20.4. The van der Waals surface area contributed by atoms with Crippen LogP contribution in [0.3, 0.4) is 0 Å². The minimum Gasteiger partial charge on any atom is -0.481 e. The van der Waals surface area contributed by atoms with Gasteiger partial charge in [0.2, 0.25) is 0 Å². The monoisotopic (exact) mass is 660 g/mol. The first kappa shape index (κ1) is 45.6. The van der Waals surface area contributed by atoms with E-state index in [0.29, 0.717) is 0 Å². The average Bonchev–Trinajstić information content (AvgIpc) is 2.51. The van der Waals surface area contributed by atoms with Gasteiger partial charge in [-0.25, -0.2) is 0 Å². The van der Waals surface area contributed by atoms with Crippen molar-refractivity contribution in [3.8, 4) is 0 Å². The number of carboxylic acid groups (broad SMARTS) is 4. The quantitative estimate of drug-likeness (QED) is 0.191. The van der Waals surface area contributed by atoms with Crippen molar-refractivity contribution in [3.05, 3.63) is 48.6 Å². The van der Waals surface area contributed by atoms with Crippen LogP contribution in [0.1, 0.15) is 79.1 Å². The third-order valence-corrected chi connectivity index (χ3v) is 2.67. The molecular weight excluding hydrogens is 618 g/mol. The maximum atomic E-state index is 9.00. The molecular formula is C24H40O8Ru2. The van der Waals surface area contributed by atoms with E-state index in [0.717, 1.165) is 27.7 Å². The molecule has 0 bridgehead atoms. The smallest absolute Gasteiger partial charge is 0.300 e. The number of rotatable bonds is 0. The largest absolute Gasteiger partial charge is 0.481 e. The molecule has 2 aliphatic rings. The number of allylic oxidation sites excluding steroid dienone is 8. The van der Waals surface area contributed by atoms with Gasteiger partial charge in [-0.15, -0.1) is 0 Å². The maximum Gasteiger partial charge on any atom is 0.300 e. The minimum atomic E-state index is -0.833. The SMILES string of the molecule is C1=C\CC/C=C\CC/1.C1=C\CC/C=C\CC/1.CC(=O)O.CC(=O)O.CC(=O)O.CC(=O)O.[Ru].[Ru]. The summed E-state index contributed by atoms with van der Waals surface area (Å²) in [5.74, 6) is -3.33. The molecule has 0 aromatic carbocycles. The van der Waals surface area contributed by atoms with Crippen molar-refractivity contribution < 1.29 is 78.6 Å². The van der Waals surface area contributed by atoms with Crippen LogP contribution in [-0.2, 0) is 58.1 Å². The summed E-state index contributed by atoms with van der Waals surface area (Å²) in [6.07, 6.45) is 28.0. The molecule has 0 fully saturated rings. The number of aliphatic carboxylic acids is 4. The van der Waals surface area contributed by atoms with E-state index in [1.807, 2.05) is 0 Å². The van der Waals surface area contributed by atoms with E-state index < -0.39 is 23.9 Å². The maximum absolute atomic E-state index is 9.00. The molecule has 0 spiro atoms. The average molecular weight is 659 g/mol. The third kappa shape index (κ3) is 128. The summed E-state index contributed by atoms with van der Waals surface area (Å²) in [7, 11) is 0. The molecule has 0 radical (unpaired) electrons. The molecule has 10 heteroatoms. The number of carbonyl (C=O) groups is 4. The molecule has 2 aliphatic carbocycles. The van der Waals surface area contributed by atoms with Crippen molar-refractivity contribution in [2.75, 3.05) is 0 Å². The molecule has 0 saturated carbocycles. The fraction of sp³-hybridized carbons (Fsp3) is 0.500. The molecule has 200 valence electrons. The molecule has 4 N–H and O–H groups in total. The molecule has 0 heterocycles. The normalized spacial score (nSPS) is 16.1. The van der Waals surface area contributed by atoms with E-state index in [-0.39, 0.29) is 39.0 Å². The standard InChI is InChI=1S/2C8H12.4C2H4O2.2Ru/c2*1-2-4-6-8-7-5-3-1;4*1-2(3)4;;/h2*1-2,7-8H,3-6H2;4*1H3,(H,3,4);;/b2*2-1-,8-7-;;;;;;. The summed E-state index contributed by atoms with van der Waals surface area (Å²) in [6.45, 7) is 4.33. The van der Waals surface area contributed by atoms with Crippen LogP contribution in [-0.4, -0.2) is 44.3 Å². The van der Waals surface area contributed by atoms with Crippen LogP contribution in [0.5, 0.6) is 0 Å². The topological polar surface area (TPSA) is 149 Å². The molecule has 0 amide bonds. The Hall–Kier alpha value is -1.91. The first-order valence-corrected chi connectivity index (χ1v) is 10.3. The van der Waals surface area contributed by atoms with E-state index in [2.05, 4.69) is 48.6 Å².